The van der Waals surface area contributed by atoms with Gasteiger partial charge in [0, 0.05) is 12.2 Å². The summed E-state index contributed by atoms with van der Waals surface area (Å²) in [6.45, 7) is 3.26. The van der Waals surface area contributed by atoms with Gasteiger partial charge >= 0.3 is 5.97 Å². The Kier molecular flexibility index (Phi) is 6.52. The first-order chi connectivity index (χ1) is 14.2. The van der Waals surface area contributed by atoms with Crippen molar-refractivity contribution in [3.63, 3.8) is 0 Å². The normalized spacial score (nSPS) is 17.0. The number of benzene rings is 2. The second-order valence-electron chi connectivity index (χ2n) is 7.18. The molecule has 0 saturated carbocycles. The van der Waals surface area contributed by atoms with Crippen molar-refractivity contribution in [2.45, 2.75) is 37.6 Å². The quantitative estimate of drug-likeness (QED) is 0.706. The molecule has 160 valence electrons. The number of rotatable bonds is 6. The zero-order valence-electron chi connectivity index (χ0n) is 16.7. The van der Waals surface area contributed by atoms with Crippen LogP contribution >= 0.6 is 0 Å². The Balaban J connectivity index is 1.65. The van der Waals surface area contributed by atoms with Crippen LogP contribution in [0.25, 0.3) is 0 Å². The molecule has 1 saturated heterocycles. The van der Waals surface area contributed by atoms with E-state index in [1.165, 1.54) is 12.1 Å². The van der Waals surface area contributed by atoms with E-state index in [1.807, 2.05) is 26.0 Å². The Morgan fingerprint density at radius 1 is 1.20 bits per heavy atom. The van der Waals surface area contributed by atoms with Gasteiger partial charge in [-0.05, 0) is 56.0 Å². The van der Waals surface area contributed by atoms with Crippen LogP contribution < -0.4 is 5.32 Å². The third-order valence-corrected chi connectivity index (χ3v) is 6.85. The lowest BCUT2D eigenvalue weighted by molar-refractivity contribution is -0.150. The topological polar surface area (TPSA) is 92.8 Å². The van der Waals surface area contributed by atoms with Gasteiger partial charge in [0.1, 0.15) is 16.8 Å². The molecular weight excluding hydrogens is 411 g/mol. The molecule has 9 heteroatoms. The molecule has 7 nitrogen and oxygen atoms in total. The number of halogens is 1. The molecule has 0 spiro atoms. The molecule has 0 aliphatic carbocycles. The number of esters is 1. The third kappa shape index (κ3) is 4.68. The smallest absolute Gasteiger partial charge is 0.324 e. The lowest BCUT2D eigenvalue weighted by Gasteiger charge is -2.23. The first-order valence-corrected chi connectivity index (χ1v) is 10.9. The molecule has 0 aromatic heterocycles. The van der Waals surface area contributed by atoms with Crippen molar-refractivity contribution in [3.05, 3.63) is 59.4 Å². The molecule has 1 amide bonds. The first kappa shape index (κ1) is 21.9. The van der Waals surface area contributed by atoms with Crippen molar-refractivity contribution >= 4 is 27.6 Å². The molecule has 30 heavy (non-hydrogen) atoms. The van der Waals surface area contributed by atoms with Crippen molar-refractivity contribution in [1.82, 2.24) is 4.31 Å². The number of sulfonamides is 1. The van der Waals surface area contributed by atoms with Crippen molar-refractivity contribution in [1.29, 1.82) is 0 Å². The highest BCUT2D eigenvalue weighted by atomic mass is 32.2. The molecule has 1 aliphatic rings. The Bertz CT molecular complexity index is 1070. The first-order valence-electron chi connectivity index (χ1n) is 9.50. The minimum absolute atomic E-state index is 0.0745. The van der Waals surface area contributed by atoms with Gasteiger partial charge in [-0.15, -0.1) is 0 Å². The summed E-state index contributed by atoms with van der Waals surface area (Å²) in [6, 6.07) is 9.49. The van der Waals surface area contributed by atoms with Gasteiger partial charge < -0.3 is 10.1 Å². The second kappa shape index (κ2) is 8.93. The van der Waals surface area contributed by atoms with Gasteiger partial charge in [0.25, 0.3) is 5.91 Å². The van der Waals surface area contributed by atoms with Crippen molar-refractivity contribution in [2.24, 2.45) is 0 Å². The van der Waals surface area contributed by atoms with Crippen LogP contribution in [0, 0.1) is 19.7 Å². The van der Waals surface area contributed by atoms with Crippen LogP contribution in [0.4, 0.5) is 10.1 Å². The summed E-state index contributed by atoms with van der Waals surface area (Å²) in [5.74, 6) is -2.24. The largest absolute Gasteiger partial charge is 0.454 e. The highest BCUT2D eigenvalue weighted by molar-refractivity contribution is 7.89. The third-order valence-electron chi connectivity index (χ3n) is 4.91. The van der Waals surface area contributed by atoms with Crippen LogP contribution in [0.2, 0.25) is 0 Å². The second-order valence-corrected chi connectivity index (χ2v) is 9.04. The highest BCUT2D eigenvalue weighted by Crippen LogP contribution is 2.28. The number of anilines is 1. The molecule has 3 rings (SSSR count). The maximum Gasteiger partial charge on any atom is 0.324 e. The summed E-state index contributed by atoms with van der Waals surface area (Å²) in [5, 5.41) is 2.67. The number of hydrogen-bond acceptors (Lipinski definition) is 5. The molecule has 0 bridgehead atoms. The predicted molar refractivity (Wildman–Crippen MR) is 109 cm³/mol. The minimum atomic E-state index is -4.20. The van der Waals surface area contributed by atoms with E-state index in [2.05, 4.69) is 5.32 Å². The summed E-state index contributed by atoms with van der Waals surface area (Å²) >= 11 is 0. The number of nitrogens with zero attached hydrogens (tertiary/aromatic N) is 1. The number of amides is 1. The molecule has 1 heterocycles. The molecule has 1 N–H and O–H groups in total. The highest BCUT2D eigenvalue weighted by Gasteiger charge is 2.41. The Morgan fingerprint density at radius 2 is 1.93 bits per heavy atom. The molecule has 1 fully saturated rings. The molecule has 1 aliphatic heterocycles. The van der Waals surface area contributed by atoms with E-state index in [4.69, 9.17) is 4.74 Å². The van der Waals surface area contributed by atoms with E-state index < -0.39 is 45.3 Å². The molecule has 1 atom stereocenters. The summed E-state index contributed by atoms with van der Waals surface area (Å²) in [4.78, 5) is 24.2. The lowest BCUT2D eigenvalue weighted by atomic mass is 10.1. The number of carbonyl (C=O) groups excluding carboxylic acids is 2. The van der Waals surface area contributed by atoms with Crippen molar-refractivity contribution in [2.75, 3.05) is 18.5 Å². The van der Waals surface area contributed by atoms with E-state index in [9.17, 15) is 22.4 Å². The fraction of sp³-hybridized carbons (Fsp3) is 0.333. The molecule has 2 aromatic rings. The van der Waals surface area contributed by atoms with Crippen LogP contribution in [-0.2, 0) is 24.3 Å². The average molecular weight is 434 g/mol. The number of nitrogens with one attached hydrogen (secondary N) is 1. The fourth-order valence-electron chi connectivity index (χ4n) is 3.33. The molecular formula is C21H23FN2O5S. The number of carbonyl (C=O) groups is 2. The number of hydrogen-bond donors (Lipinski definition) is 1. The van der Waals surface area contributed by atoms with Gasteiger partial charge in [0.2, 0.25) is 10.0 Å². The van der Waals surface area contributed by atoms with E-state index in [1.54, 1.807) is 6.07 Å². The van der Waals surface area contributed by atoms with Crippen LogP contribution in [-0.4, -0.2) is 43.8 Å². The molecule has 0 radical (unpaired) electrons. The van der Waals surface area contributed by atoms with E-state index in [-0.39, 0.29) is 13.0 Å². The van der Waals surface area contributed by atoms with Gasteiger partial charge in [0.15, 0.2) is 6.61 Å². The Hall–Kier alpha value is -2.78. The summed E-state index contributed by atoms with van der Waals surface area (Å²) in [7, 11) is -4.20. The predicted octanol–water partition coefficient (Wildman–Crippen LogP) is 2.78. The monoisotopic (exact) mass is 434 g/mol. The summed E-state index contributed by atoms with van der Waals surface area (Å²) < 4.78 is 45.7. The molecule has 2 aromatic carbocycles. The fourth-order valence-corrected chi connectivity index (χ4v) is 5.05. The standard InChI is InChI=1S/C21H23FN2O5S/c1-14-9-10-15(2)17(12-14)23-20(25)13-29-21(26)18-7-5-11-24(18)30(27,28)19-8-4-3-6-16(19)22/h3-4,6,8-10,12,18H,5,7,11,13H2,1-2H3,(H,23,25)/t18-/m1/s1. The summed E-state index contributed by atoms with van der Waals surface area (Å²) in [6.07, 6.45) is 0.674. The van der Waals surface area contributed by atoms with Crippen LogP contribution in [0.1, 0.15) is 24.0 Å². The lowest BCUT2D eigenvalue weighted by Crippen LogP contribution is -2.42. The Morgan fingerprint density at radius 3 is 2.67 bits per heavy atom. The minimum Gasteiger partial charge on any atom is -0.454 e. The maximum absolute atomic E-state index is 14.0. The van der Waals surface area contributed by atoms with Crippen LogP contribution in [0.3, 0.4) is 0 Å². The van der Waals surface area contributed by atoms with Crippen molar-refractivity contribution < 1.29 is 27.1 Å². The molecule has 0 unspecified atom stereocenters. The number of ether oxygens (including phenoxy) is 1. The van der Waals surface area contributed by atoms with Gasteiger partial charge in [-0.1, -0.05) is 24.3 Å². The van der Waals surface area contributed by atoms with Crippen LogP contribution in [0.15, 0.2) is 47.4 Å². The van der Waals surface area contributed by atoms with Gasteiger partial charge in [-0.3, -0.25) is 9.59 Å². The average Bonchev–Trinajstić information content (AvgIpc) is 3.20. The van der Waals surface area contributed by atoms with Gasteiger partial charge in [0.05, 0.1) is 0 Å². The number of aryl methyl sites for hydroxylation is 2. The van der Waals surface area contributed by atoms with Crippen molar-refractivity contribution in [3.8, 4) is 0 Å². The maximum atomic E-state index is 14.0. The van der Waals surface area contributed by atoms with E-state index in [0.717, 1.165) is 27.6 Å². The zero-order valence-corrected chi connectivity index (χ0v) is 17.5. The summed E-state index contributed by atoms with van der Waals surface area (Å²) in [5.41, 5.74) is 2.44. The van der Waals surface area contributed by atoms with Crippen LogP contribution in [0.5, 0.6) is 0 Å². The van der Waals surface area contributed by atoms with Gasteiger partial charge in [-0.2, -0.15) is 4.31 Å². The SMILES string of the molecule is Cc1ccc(C)c(NC(=O)COC(=O)[C@H]2CCCN2S(=O)(=O)c2ccccc2F)c1. The Labute approximate surface area is 174 Å². The van der Waals surface area contributed by atoms with Gasteiger partial charge in [-0.25, -0.2) is 12.8 Å². The van der Waals surface area contributed by atoms with E-state index >= 15 is 0 Å². The zero-order chi connectivity index (χ0) is 21.9. The van der Waals surface area contributed by atoms with E-state index in [0.29, 0.717) is 12.1 Å².